The van der Waals surface area contributed by atoms with Gasteiger partial charge in [0.25, 0.3) is 0 Å². The van der Waals surface area contributed by atoms with Gasteiger partial charge in [-0.1, -0.05) is 26.8 Å². The Labute approximate surface area is 97.9 Å². The van der Waals surface area contributed by atoms with Gasteiger partial charge in [-0.15, -0.1) is 0 Å². The summed E-state index contributed by atoms with van der Waals surface area (Å²) < 4.78 is 12.9. The van der Waals surface area contributed by atoms with Crippen LogP contribution in [0.25, 0.3) is 0 Å². The van der Waals surface area contributed by atoms with Crippen LogP contribution in [-0.2, 0) is 6.42 Å². The quantitative estimate of drug-likeness (QED) is 0.834. The molecule has 0 fully saturated rings. The highest BCUT2D eigenvalue weighted by atomic mass is 19.1. The van der Waals surface area contributed by atoms with Crippen molar-refractivity contribution < 1.29 is 4.39 Å². The Bertz CT molecular complexity index is 352. The zero-order chi connectivity index (χ0) is 12.3. The topological polar surface area (TPSA) is 26.0 Å². The number of aryl methyl sites for hydroxylation is 2. The Morgan fingerprint density at radius 1 is 1.31 bits per heavy atom. The van der Waals surface area contributed by atoms with Crippen molar-refractivity contribution >= 4 is 0 Å². The summed E-state index contributed by atoms with van der Waals surface area (Å²) in [6.45, 7) is 8.39. The predicted octanol–water partition coefficient (Wildman–Crippen LogP) is 3.44. The van der Waals surface area contributed by atoms with Gasteiger partial charge in [0.05, 0.1) is 0 Å². The molecule has 0 aromatic heterocycles. The predicted molar refractivity (Wildman–Crippen MR) is 66.9 cm³/mol. The summed E-state index contributed by atoms with van der Waals surface area (Å²) >= 11 is 0. The van der Waals surface area contributed by atoms with Gasteiger partial charge in [0, 0.05) is 6.04 Å². The zero-order valence-electron chi connectivity index (χ0n) is 10.7. The Morgan fingerprint density at radius 3 is 2.44 bits per heavy atom. The van der Waals surface area contributed by atoms with E-state index in [1.165, 1.54) is 11.6 Å². The number of nitrogens with two attached hydrogens (primary N) is 1. The van der Waals surface area contributed by atoms with Crippen LogP contribution >= 0.6 is 0 Å². The summed E-state index contributed by atoms with van der Waals surface area (Å²) in [5.74, 6) is -0.165. The van der Waals surface area contributed by atoms with Gasteiger partial charge in [-0.05, 0) is 48.4 Å². The van der Waals surface area contributed by atoms with Crippen molar-refractivity contribution in [2.24, 2.45) is 11.1 Å². The minimum Gasteiger partial charge on any atom is -0.327 e. The summed E-state index contributed by atoms with van der Waals surface area (Å²) in [5.41, 5.74) is 8.45. The maximum Gasteiger partial charge on any atom is 0.123 e. The minimum absolute atomic E-state index is 0.133. The first-order valence-electron chi connectivity index (χ1n) is 5.81. The van der Waals surface area contributed by atoms with Gasteiger partial charge in [0.2, 0.25) is 0 Å². The molecule has 0 aliphatic rings. The highest BCUT2D eigenvalue weighted by Gasteiger charge is 2.20. The van der Waals surface area contributed by atoms with E-state index in [-0.39, 0.29) is 17.3 Å². The van der Waals surface area contributed by atoms with E-state index in [4.69, 9.17) is 5.73 Å². The van der Waals surface area contributed by atoms with Crippen LogP contribution in [0.5, 0.6) is 0 Å². The number of halogens is 1. The van der Waals surface area contributed by atoms with Gasteiger partial charge in [-0.2, -0.15) is 0 Å². The zero-order valence-corrected chi connectivity index (χ0v) is 10.7. The van der Waals surface area contributed by atoms with Crippen LogP contribution in [0.3, 0.4) is 0 Å². The third-order valence-corrected chi connectivity index (χ3v) is 3.14. The van der Waals surface area contributed by atoms with Crippen LogP contribution in [0.15, 0.2) is 18.2 Å². The Hall–Kier alpha value is -0.890. The van der Waals surface area contributed by atoms with E-state index in [9.17, 15) is 4.39 Å². The highest BCUT2D eigenvalue weighted by molar-refractivity contribution is 5.26. The third kappa shape index (κ3) is 3.60. The molecule has 1 unspecified atom stereocenters. The lowest BCUT2D eigenvalue weighted by atomic mass is 9.84. The highest BCUT2D eigenvalue weighted by Crippen LogP contribution is 2.22. The second-order valence-electron chi connectivity index (χ2n) is 5.58. The molecule has 1 atom stereocenters. The summed E-state index contributed by atoms with van der Waals surface area (Å²) in [6, 6.07) is 5.14. The van der Waals surface area contributed by atoms with Gasteiger partial charge in [0.1, 0.15) is 5.82 Å². The molecule has 0 aliphatic carbocycles. The molecule has 0 spiro atoms. The van der Waals surface area contributed by atoms with E-state index < -0.39 is 0 Å². The molecule has 1 aromatic carbocycles. The first-order valence-corrected chi connectivity index (χ1v) is 5.81. The van der Waals surface area contributed by atoms with E-state index in [1.807, 2.05) is 13.0 Å². The van der Waals surface area contributed by atoms with Crippen molar-refractivity contribution in [3.05, 3.63) is 35.1 Å². The average molecular weight is 223 g/mol. The van der Waals surface area contributed by atoms with Gasteiger partial charge < -0.3 is 5.73 Å². The molecule has 1 rings (SSSR count). The van der Waals surface area contributed by atoms with Gasteiger partial charge in [0.15, 0.2) is 0 Å². The molecule has 0 amide bonds. The molecule has 1 nitrogen and oxygen atoms in total. The minimum atomic E-state index is -0.165. The molecule has 0 bridgehead atoms. The van der Waals surface area contributed by atoms with Crippen molar-refractivity contribution in [2.45, 2.75) is 46.6 Å². The number of hydrogen-bond donors (Lipinski definition) is 1. The second kappa shape index (κ2) is 4.96. The molecule has 16 heavy (non-hydrogen) atoms. The maximum absolute atomic E-state index is 12.9. The third-order valence-electron chi connectivity index (χ3n) is 3.14. The molecule has 1 aromatic rings. The summed E-state index contributed by atoms with van der Waals surface area (Å²) in [5, 5.41) is 0. The first-order chi connectivity index (χ1) is 7.30. The van der Waals surface area contributed by atoms with Gasteiger partial charge in [-0.25, -0.2) is 4.39 Å². The Balaban J connectivity index is 2.62. The van der Waals surface area contributed by atoms with E-state index >= 15 is 0 Å². The first kappa shape index (κ1) is 13.2. The summed E-state index contributed by atoms with van der Waals surface area (Å²) in [7, 11) is 0. The van der Waals surface area contributed by atoms with Crippen molar-refractivity contribution in [2.75, 3.05) is 0 Å². The monoisotopic (exact) mass is 223 g/mol. The number of rotatable bonds is 3. The van der Waals surface area contributed by atoms with Crippen LogP contribution < -0.4 is 5.73 Å². The van der Waals surface area contributed by atoms with Crippen LogP contribution in [0.4, 0.5) is 4.39 Å². The van der Waals surface area contributed by atoms with Gasteiger partial charge >= 0.3 is 0 Å². The largest absolute Gasteiger partial charge is 0.327 e. The fourth-order valence-corrected chi connectivity index (χ4v) is 1.68. The molecule has 0 saturated heterocycles. The van der Waals surface area contributed by atoms with Crippen LogP contribution in [0.2, 0.25) is 0 Å². The summed E-state index contributed by atoms with van der Waals surface area (Å²) in [4.78, 5) is 0. The molecule has 90 valence electrons. The lowest BCUT2D eigenvalue weighted by molar-refractivity contribution is 0.306. The number of hydrogen-bond acceptors (Lipinski definition) is 1. The van der Waals surface area contributed by atoms with Crippen molar-refractivity contribution in [1.29, 1.82) is 0 Å². The molecular weight excluding hydrogens is 201 g/mol. The van der Waals surface area contributed by atoms with Crippen molar-refractivity contribution in [1.82, 2.24) is 0 Å². The van der Waals surface area contributed by atoms with E-state index in [2.05, 4.69) is 20.8 Å². The second-order valence-corrected chi connectivity index (χ2v) is 5.58. The van der Waals surface area contributed by atoms with Crippen LogP contribution in [-0.4, -0.2) is 6.04 Å². The molecule has 0 radical (unpaired) electrons. The standard InChI is InChI=1S/C14H22FN/c1-10-9-12(15)7-5-11(10)6-8-13(16)14(2,3)4/h5,7,9,13H,6,8,16H2,1-4H3. The molecule has 0 aliphatic heterocycles. The normalized spacial score (nSPS) is 13.9. The van der Waals surface area contributed by atoms with E-state index in [1.54, 1.807) is 6.07 Å². The molecule has 0 saturated carbocycles. The Kier molecular flexibility index (Phi) is 4.09. The fourth-order valence-electron chi connectivity index (χ4n) is 1.68. The average Bonchev–Trinajstić information content (AvgIpc) is 2.14. The summed E-state index contributed by atoms with van der Waals surface area (Å²) in [6.07, 6.45) is 1.86. The Morgan fingerprint density at radius 2 is 1.94 bits per heavy atom. The molecular formula is C14H22FN. The molecule has 2 N–H and O–H groups in total. The van der Waals surface area contributed by atoms with E-state index in [0.717, 1.165) is 18.4 Å². The van der Waals surface area contributed by atoms with Crippen molar-refractivity contribution in [3.8, 4) is 0 Å². The SMILES string of the molecule is Cc1cc(F)ccc1CCC(N)C(C)(C)C. The maximum atomic E-state index is 12.9. The fraction of sp³-hybridized carbons (Fsp3) is 0.571. The molecule has 2 heteroatoms. The van der Waals surface area contributed by atoms with Crippen LogP contribution in [0.1, 0.15) is 38.3 Å². The van der Waals surface area contributed by atoms with Crippen molar-refractivity contribution in [3.63, 3.8) is 0 Å². The smallest absolute Gasteiger partial charge is 0.123 e. The lowest BCUT2D eigenvalue weighted by Crippen LogP contribution is -2.35. The molecule has 0 heterocycles. The van der Waals surface area contributed by atoms with E-state index in [0.29, 0.717) is 0 Å². The van der Waals surface area contributed by atoms with Gasteiger partial charge in [-0.3, -0.25) is 0 Å². The van der Waals surface area contributed by atoms with Crippen LogP contribution in [0, 0.1) is 18.2 Å². The number of benzene rings is 1. The lowest BCUT2D eigenvalue weighted by Gasteiger charge is -2.27.